The van der Waals surface area contributed by atoms with Crippen molar-refractivity contribution in [2.75, 3.05) is 0 Å². The van der Waals surface area contributed by atoms with Crippen LogP contribution in [-0.2, 0) is 0 Å². The first kappa shape index (κ1) is 21.4. The van der Waals surface area contributed by atoms with Gasteiger partial charge in [0.05, 0.1) is 5.56 Å². The largest absolute Gasteiger partial charge is 0.358 e. The van der Waals surface area contributed by atoms with Crippen molar-refractivity contribution in [3.8, 4) is 0 Å². The van der Waals surface area contributed by atoms with Gasteiger partial charge >= 0.3 is 0 Å². The molecule has 1 atom stereocenters. The molecule has 2 heteroatoms. The lowest BCUT2D eigenvalue weighted by Gasteiger charge is -2.14. The fraction of sp³-hybridized carbons (Fsp3) is 0.444. The number of carbonyl (C=O) groups is 1. The molecule has 0 spiro atoms. The fourth-order valence-corrected chi connectivity index (χ4v) is 4.40. The van der Waals surface area contributed by atoms with Crippen LogP contribution in [0.5, 0.6) is 0 Å². The lowest BCUT2D eigenvalue weighted by molar-refractivity contribution is 0.103. The van der Waals surface area contributed by atoms with Gasteiger partial charge in [0.15, 0.2) is 5.78 Å². The van der Waals surface area contributed by atoms with Crippen molar-refractivity contribution < 1.29 is 4.79 Å². The molecule has 2 nitrogen and oxygen atoms in total. The van der Waals surface area contributed by atoms with Crippen LogP contribution < -0.4 is 0 Å². The number of aromatic amines is 1. The van der Waals surface area contributed by atoms with E-state index in [0.29, 0.717) is 5.92 Å². The summed E-state index contributed by atoms with van der Waals surface area (Å²) in [6.45, 7) is 6.59. The lowest BCUT2D eigenvalue weighted by Crippen LogP contribution is -2.04. The second kappa shape index (κ2) is 10.4. The predicted octanol–water partition coefficient (Wildman–Crippen LogP) is 7.95. The Bertz CT molecular complexity index is 922. The van der Waals surface area contributed by atoms with Gasteiger partial charge in [0.2, 0.25) is 0 Å². The third kappa shape index (κ3) is 5.18. The Labute approximate surface area is 175 Å². The molecule has 0 saturated heterocycles. The average molecular weight is 390 g/mol. The normalized spacial score (nSPS) is 12.4. The highest BCUT2D eigenvalue weighted by Crippen LogP contribution is 2.34. The number of hydrogen-bond donors (Lipinski definition) is 1. The number of carbonyl (C=O) groups excluding carboxylic acids is 1. The molecule has 29 heavy (non-hydrogen) atoms. The summed E-state index contributed by atoms with van der Waals surface area (Å²) < 4.78 is 0. The maximum Gasteiger partial charge on any atom is 0.195 e. The van der Waals surface area contributed by atoms with E-state index in [-0.39, 0.29) is 5.78 Å². The number of hydrogen-bond acceptors (Lipinski definition) is 1. The monoisotopic (exact) mass is 389 g/mol. The number of unbranched alkanes of at least 4 members (excludes halogenated alkanes) is 6. The highest BCUT2D eigenvalue weighted by Gasteiger charge is 2.21. The topological polar surface area (TPSA) is 32.9 Å². The van der Waals surface area contributed by atoms with Crippen molar-refractivity contribution in [1.82, 2.24) is 4.98 Å². The molecule has 0 saturated carbocycles. The Morgan fingerprint density at radius 2 is 1.59 bits per heavy atom. The van der Waals surface area contributed by atoms with Gasteiger partial charge in [-0.25, -0.2) is 0 Å². The Hall–Kier alpha value is -2.35. The van der Waals surface area contributed by atoms with Crippen LogP contribution in [0.25, 0.3) is 10.9 Å². The van der Waals surface area contributed by atoms with E-state index >= 15 is 0 Å². The third-order valence-electron chi connectivity index (χ3n) is 6.08. The van der Waals surface area contributed by atoms with Crippen molar-refractivity contribution in [2.45, 2.75) is 78.1 Å². The molecule has 3 aromatic rings. The van der Waals surface area contributed by atoms with Crippen LogP contribution in [0.1, 0.15) is 98.3 Å². The van der Waals surface area contributed by atoms with E-state index in [1.54, 1.807) is 0 Å². The first-order valence-electron chi connectivity index (χ1n) is 11.3. The molecule has 0 radical (unpaired) electrons. The summed E-state index contributed by atoms with van der Waals surface area (Å²) in [5.74, 6) is 0.566. The summed E-state index contributed by atoms with van der Waals surface area (Å²) in [5.41, 5.74) is 4.94. The molecule has 1 heterocycles. The van der Waals surface area contributed by atoms with Crippen LogP contribution >= 0.6 is 0 Å². The second-order valence-electron chi connectivity index (χ2n) is 8.40. The van der Waals surface area contributed by atoms with E-state index in [0.717, 1.165) is 27.7 Å². The molecule has 0 aliphatic heterocycles. The van der Waals surface area contributed by atoms with Gasteiger partial charge in [-0.2, -0.15) is 0 Å². The molecule has 0 aliphatic rings. The molecule has 0 bridgehead atoms. The SMILES string of the molecule is CCCCCCCCCC(C)c1cccc2[nH]c(C)c(C(=O)c3ccccc3)c12. The third-order valence-corrected chi connectivity index (χ3v) is 6.08. The van der Waals surface area contributed by atoms with E-state index in [2.05, 4.69) is 37.0 Å². The van der Waals surface area contributed by atoms with Gasteiger partial charge in [-0.15, -0.1) is 0 Å². The van der Waals surface area contributed by atoms with Crippen molar-refractivity contribution >= 4 is 16.7 Å². The predicted molar refractivity (Wildman–Crippen MR) is 124 cm³/mol. The number of benzene rings is 2. The van der Waals surface area contributed by atoms with Crippen LogP contribution in [0.2, 0.25) is 0 Å². The average Bonchev–Trinajstić information content (AvgIpc) is 3.08. The van der Waals surface area contributed by atoms with Gasteiger partial charge < -0.3 is 4.98 Å². The molecule has 154 valence electrons. The maximum atomic E-state index is 13.3. The van der Waals surface area contributed by atoms with Crippen molar-refractivity contribution in [3.63, 3.8) is 0 Å². The van der Waals surface area contributed by atoms with Crippen molar-refractivity contribution in [1.29, 1.82) is 0 Å². The number of ketones is 1. The van der Waals surface area contributed by atoms with E-state index in [1.165, 1.54) is 56.9 Å². The Morgan fingerprint density at radius 3 is 2.31 bits per heavy atom. The van der Waals surface area contributed by atoms with E-state index in [4.69, 9.17) is 0 Å². The van der Waals surface area contributed by atoms with Gasteiger partial charge in [-0.3, -0.25) is 4.79 Å². The summed E-state index contributed by atoms with van der Waals surface area (Å²) in [7, 11) is 0. The Balaban J connectivity index is 1.77. The fourth-order valence-electron chi connectivity index (χ4n) is 4.40. The van der Waals surface area contributed by atoms with Crippen LogP contribution in [0, 0.1) is 6.92 Å². The molecule has 1 N–H and O–H groups in total. The standard InChI is InChI=1S/C27H35NO/c1-4-5-6-7-8-9-11-15-20(2)23-18-14-19-24-26(23)25(21(3)28-24)27(29)22-16-12-10-13-17-22/h10,12-14,16-20,28H,4-9,11,15H2,1-3H3. The Kier molecular flexibility index (Phi) is 7.69. The molecule has 1 unspecified atom stereocenters. The van der Waals surface area contributed by atoms with Gasteiger partial charge in [0, 0.05) is 22.2 Å². The van der Waals surface area contributed by atoms with E-state index < -0.39 is 0 Å². The first-order chi connectivity index (χ1) is 14.1. The number of H-pyrrole nitrogens is 1. The van der Waals surface area contributed by atoms with E-state index in [1.807, 2.05) is 37.3 Å². The quantitative estimate of drug-likeness (QED) is 0.262. The molecular formula is C27H35NO. The molecule has 1 aromatic heterocycles. The van der Waals surface area contributed by atoms with Crippen molar-refractivity contribution in [2.24, 2.45) is 0 Å². The summed E-state index contributed by atoms with van der Waals surface area (Å²) in [5, 5.41) is 1.12. The Morgan fingerprint density at radius 1 is 0.897 bits per heavy atom. The number of fused-ring (bicyclic) bond motifs is 1. The molecule has 2 aromatic carbocycles. The summed E-state index contributed by atoms with van der Waals surface area (Å²) in [4.78, 5) is 16.7. The highest BCUT2D eigenvalue weighted by atomic mass is 16.1. The van der Waals surface area contributed by atoms with Crippen LogP contribution in [0.15, 0.2) is 48.5 Å². The lowest BCUT2D eigenvalue weighted by atomic mass is 9.89. The maximum absolute atomic E-state index is 13.3. The van der Waals surface area contributed by atoms with Gasteiger partial charge in [-0.1, -0.05) is 101 Å². The zero-order valence-corrected chi connectivity index (χ0v) is 18.3. The highest BCUT2D eigenvalue weighted by molar-refractivity contribution is 6.18. The number of aryl methyl sites for hydroxylation is 1. The van der Waals surface area contributed by atoms with Gasteiger partial charge in [0.25, 0.3) is 0 Å². The van der Waals surface area contributed by atoms with Crippen molar-refractivity contribution in [3.05, 3.63) is 70.9 Å². The molecule has 0 fully saturated rings. The minimum Gasteiger partial charge on any atom is -0.358 e. The minimum atomic E-state index is 0.116. The smallest absolute Gasteiger partial charge is 0.195 e. The number of aromatic nitrogens is 1. The molecule has 0 aliphatic carbocycles. The number of rotatable bonds is 11. The van der Waals surface area contributed by atoms with Crippen LogP contribution in [0.4, 0.5) is 0 Å². The summed E-state index contributed by atoms with van der Waals surface area (Å²) >= 11 is 0. The molecule has 3 rings (SSSR count). The van der Waals surface area contributed by atoms with Crippen LogP contribution in [0.3, 0.4) is 0 Å². The zero-order chi connectivity index (χ0) is 20.6. The summed E-state index contributed by atoms with van der Waals surface area (Å²) in [6, 6.07) is 16.1. The minimum absolute atomic E-state index is 0.116. The second-order valence-corrected chi connectivity index (χ2v) is 8.40. The number of nitrogens with one attached hydrogen (secondary N) is 1. The first-order valence-corrected chi connectivity index (χ1v) is 11.3. The van der Waals surface area contributed by atoms with E-state index in [9.17, 15) is 4.79 Å². The van der Waals surface area contributed by atoms with Crippen LogP contribution in [-0.4, -0.2) is 10.8 Å². The molecular weight excluding hydrogens is 354 g/mol. The summed E-state index contributed by atoms with van der Waals surface area (Å²) in [6.07, 6.45) is 10.5. The van der Waals surface area contributed by atoms with Gasteiger partial charge in [-0.05, 0) is 30.9 Å². The zero-order valence-electron chi connectivity index (χ0n) is 18.3. The molecule has 0 amide bonds. The van der Waals surface area contributed by atoms with Gasteiger partial charge in [0.1, 0.15) is 0 Å².